The summed E-state index contributed by atoms with van der Waals surface area (Å²) in [5.74, 6) is -0.909. The number of hydrogen-bond donors (Lipinski definition) is 0. The second-order valence-electron chi connectivity index (χ2n) is 10.0. The minimum Gasteiger partial charge on any atom is -0.457 e. The molecule has 0 aliphatic heterocycles. The van der Waals surface area contributed by atoms with Gasteiger partial charge in [-0.2, -0.15) is 0 Å². The molecule has 0 fully saturated rings. The molecule has 6 heteroatoms. The van der Waals surface area contributed by atoms with Gasteiger partial charge >= 0.3 is 11.9 Å². The summed E-state index contributed by atoms with van der Waals surface area (Å²) in [4.78, 5) is 25.4. The predicted octanol–water partition coefficient (Wildman–Crippen LogP) is 6.92. The lowest BCUT2D eigenvalue weighted by Gasteiger charge is -2.36. The lowest BCUT2D eigenvalue weighted by molar-refractivity contribution is 0.0430. The molecule has 0 aromatic heterocycles. The smallest absolute Gasteiger partial charge is 0.338 e. The Balaban J connectivity index is 1.78. The van der Waals surface area contributed by atoms with Crippen LogP contribution in [0.3, 0.4) is 0 Å². The average molecular weight is 491 g/mol. The highest BCUT2D eigenvalue weighted by Crippen LogP contribution is 2.37. The molecule has 5 nitrogen and oxygen atoms in total. The SMILES string of the molecule is CC(C)(C)[Si](C)(C)OCc1ccc(C(=O)OCc2ccccc2)c(COC(=O)c2ccccc2)c1. The van der Waals surface area contributed by atoms with Gasteiger partial charge in [0.25, 0.3) is 0 Å². The Labute approximate surface area is 209 Å². The van der Waals surface area contributed by atoms with Gasteiger partial charge in [0.05, 0.1) is 17.7 Å². The van der Waals surface area contributed by atoms with Crippen LogP contribution in [0, 0.1) is 0 Å². The first kappa shape index (κ1) is 26.4. The Kier molecular flexibility index (Phi) is 8.65. The lowest BCUT2D eigenvalue weighted by atomic mass is 10.0. The van der Waals surface area contributed by atoms with Gasteiger partial charge in [0.2, 0.25) is 0 Å². The highest BCUT2D eigenvalue weighted by Gasteiger charge is 2.37. The molecule has 0 N–H and O–H groups in total. The number of rotatable bonds is 9. The number of carbonyl (C=O) groups excluding carboxylic acids is 2. The fourth-order valence-corrected chi connectivity index (χ4v) is 4.10. The topological polar surface area (TPSA) is 61.8 Å². The minimum absolute atomic E-state index is 0.0442. The number of hydrogen-bond acceptors (Lipinski definition) is 5. The van der Waals surface area contributed by atoms with Crippen LogP contribution < -0.4 is 0 Å². The second-order valence-corrected chi connectivity index (χ2v) is 14.9. The monoisotopic (exact) mass is 490 g/mol. The van der Waals surface area contributed by atoms with E-state index in [0.717, 1.165) is 11.1 Å². The summed E-state index contributed by atoms with van der Waals surface area (Å²) in [6, 6.07) is 23.8. The summed E-state index contributed by atoms with van der Waals surface area (Å²) in [6.45, 7) is 11.5. The molecule has 0 heterocycles. The van der Waals surface area contributed by atoms with E-state index < -0.39 is 20.3 Å². The molecule has 0 radical (unpaired) electrons. The molecule has 0 aliphatic carbocycles. The van der Waals surface area contributed by atoms with Crippen LogP contribution >= 0.6 is 0 Å². The van der Waals surface area contributed by atoms with Gasteiger partial charge in [-0.1, -0.05) is 75.4 Å². The first-order valence-electron chi connectivity index (χ1n) is 11.8. The van der Waals surface area contributed by atoms with Gasteiger partial charge in [-0.3, -0.25) is 0 Å². The van der Waals surface area contributed by atoms with Gasteiger partial charge < -0.3 is 13.9 Å². The maximum absolute atomic E-state index is 12.9. The van der Waals surface area contributed by atoms with Crippen molar-refractivity contribution >= 4 is 20.3 Å². The largest absolute Gasteiger partial charge is 0.457 e. The first-order valence-corrected chi connectivity index (χ1v) is 14.7. The molecule has 3 aromatic rings. The average Bonchev–Trinajstić information content (AvgIpc) is 2.85. The van der Waals surface area contributed by atoms with E-state index in [9.17, 15) is 9.59 Å². The molecule has 0 aliphatic rings. The van der Waals surface area contributed by atoms with Crippen LogP contribution in [0.5, 0.6) is 0 Å². The van der Waals surface area contributed by atoms with Crippen LogP contribution in [0.4, 0.5) is 0 Å². The van der Waals surface area contributed by atoms with Crippen LogP contribution in [-0.4, -0.2) is 20.3 Å². The summed E-state index contributed by atoms with van der Waals surface area (Å²) in [7, 11) is -1.95. The molecule has 184 valence electrons. The zero-order valence-electron chi connectivity index (χ0n) is 21.2. The maximum atomic E-state index is 12.9. The third-order valence-electron chi connectivity index (χ3n) is 6.38. The van der Waals surface area contributed by atoms with Gasteiger partial charge in [0.1, 0.15) is 13.2 Å². The van der Waals surface area contributed by atoms with Gasteiger partial charge in [-0.25, -0.2) is 9.59 Å². The van der Waals surface area contributed by atoms with E-state index >= 15 is 0 Å². The molecule has 3 aromatic carbocycles. The summed E-state index contributed by atoms with van der Waals surface area (Å²) in [5, 5.41) is 0.0855. The fraction of sp³-hybridized carbons (Fsp3) is 0.310. The van der Waals surface area contributed by atoms with Crippen LogP contribution in [-0.2, 0) is 33.7 Å². The summed E-state index contributed by atoms with van der Waals surface area (Å²) >= 11 is 0. The number of ether oxygens (including phenoxy) is 2. The van der Waals surface area contributed by atoms with Crippen molar-refractivity contribution in [1.29, 1.82) is 0 Å². The Hall–Kier alpha value is -3.22. The highest BCUT2D eigenvalue weighted by molar-refractivity contribution is 6.74. The summed E-state index contributed by atoms with van der Waals surface area (Å²) in [6.07, 6.45) is 0. The van der Waals surface area contributed by atoms with Crippen LogP contribution in [0.1, 0.15) is 58.2 Å². The molecule has 35 heavy (non-hydrogen) atoms. The molecule has 0 atom stereocenters. The molecule has 0 saturated carbocycles. The molecule has 3 rings (SSSR count). The Morgan fingerprint density at radius 1 is 0.714 bits per heavy atom. The molecular weight excluding hydrogens is 456 g/mol. The second kappa shape index (κ2) is 11.5. The van der Waals surface area contributed by atoms with E-state index in [0.29, 0.717) is 23.3 Å². The van der Waals surface area contributed by atoms with E-state index in [1.54, 1.807) is 30.3 Å². The van der Waals surface area contributed by atoms with E-state index in [4.69, 9.17) is 13.9 Å². The minimum atomic E-state index is -1.95. The number of benzene rings is 3. The van der Waals surface area contributed by atoms with Crippen LogP contribution in [0.25, 0.3) is 0 Å². The van der Waals surface area contributed by atoms with Crippen molar-refractivity contribution in [2.45, 2.75) is 58.7 Å². The standard InChI is InChI=1S/C29H34O5Si/c1-29(2,3)35(4,5)34-20-23-16-17-26(28(31)32-19-22-12-8-6-9-13-22)25(18-23)21-33-27(30)24-14-10-7-11-15-24/h6-18H,19-21H2,1-5H3. The molecular formula is C29H34O5Si. The number of esters is 2. The van der Waals surface area contributed by atoms with Gasteiger partial charge in [-0.15, -0.1) is 0 Å². The van der Waals surface area contributed by atoms with Gasteiger partial charge in [-0.05, 0) is 53.5 Å². The molecule has 0 bridgehead atoms. The van der Waals surface area contributed by atoms with Crippen molar-refractivity contribution in [3.8, 4) is 0 Å². The molecule has 0 unspecified atom stereocenters. The van der Waals surface area contributed by atoms with Gasteiger partial charge in [0, 0.05) is 5.56 Å². The van der Waals surface area contributed by atoms with Crippen molar-refractivity contribution in [3.05, 3.63) is 107 Å². The normalized spacial score (nSPS) is 11.7. The lowest BCUT2D eigenvalue weighted by Crippen LogP contribution is -2.40. The third-order valence-corrected chi connectivity index (χ3v) is 10.9. The van der Waals surface area contributed by atoms with Crippen molar-refractivity contribution < 1.29 is 23.5 Å². The van der Waals surface area contributed by atoms with E-state index in [2.05, 4.69) is 33.9 Å². The van der Waals surface area contributed by atoms with Crippen LogP contribution in [0.15, 0.2) is 78.9 Å². The Morgan fingerprint density at radius 2 is 1.31 bits per heavy atom. The quantitative estimate of drug-likeness (QED) is 0.241. The zero-order valence-corrected chi connectivity index (χ0v) is 22.2. The zero-order chi connectivity index (χ0) is 25.5. The summed E-state index contributed by atoms with van der Waals surface area (Å²) in [5.41, 5.74) is 3.23. The van der Waals surface area contributed by atoms with Crippen LogP contribution in [0.2, 0.25) is 18.1 Å². The van der Waals surface area contributed by atoms with Crippen molar-refractivity contribution in [2.75, 3.05) is 0 Å². The van der Waals surface area contributed by atoms with Gasteiger partial charge in [0.15, 0.2) is 8.32 Å². The summed E-state index contributed by atoms with van der Waals surface area (Å²) < 4.78 is 17.4. The van der Waals surface area contributed by atoms with Crippen molar-refractivity contribution in [3.63, 3.8) is 0 Å². The third kappa shape index (κ3) is 7.38. The molecule has 0 spiro atoms. The molecule has 0 amide bonds. The highest BCUT2D eigenvalue weighted by atomic mass is 28.4. The van der Waals surface area contributed by atoms with E-state index in [1.807, 2.05) is 48.5 Å². The van der Waals surface area contributed by atoms with Crippen molar-refractivity contribution in [2.24, 2.45) is 0 Å². The first-order chi connectivity index (χ1) is 16.6. The Morgan fingerprint density at radius 3 is 1.94 bits per heavy atom. The van der Waals surface area contributed by atoms with E-state index in [-0.39, 0.29) is 18.3 Å². The Bertz CT molecular complexity index is 1130. The fourth-order valence-electron chi connectivity index (χ4n) is 3.14. The predicted molar refractivity (Wildman–Crippen MR) is 140 cm³/mol. The van der Waals surface area contributed by atoms with E-state index in [1.165, 1.54) is 0 Å². The number of carbonyl (C=O) groups is 2. The van der Waals surface area contributed by atoms with Crippen molar-refractivity contribution in [1.82, 2.24) is 0 Å². The maximum Gasteiger partial charge on any atom is 0.338 e. The molecule has 0 saturated heterocycles.